The second-order valence-corrected chi connectivity index (χ2v) is 9.54. The molecular formula is C23H26N4O4S. The third-order valence-corrected chi connectivity index (χ3v) is 6.99. The first-order chi connectivity index (χ1) is 15.4. The first-order valence-electron chi connectivity index (χ1n) is 10.8. The standard InChI is InChI=1S/C23H26N4O4S/c1-3-9-15(10-4-2)25-27-18-13-7-5-11-16(18)21(28)20(23(27)29)22-24-17-12-6-8-14-19(17)32(30,31)26-22/h5-8,11-15,20,25H,3-4,9-10H2,1-2H3,(H,24,26). The molecule has 2 heterocycles. The number of benzene rings is 2. The lowest BCUT2D eigenvalue weighted by atomic mass is 9.89. The van der Waals surface area contributed by atoms with Crippen LogP contribution in [-0.2, 0) is 14.8 Å². The highest BCUT2D eigenvalue weighted by atomic mass is 32.2. The second-order valence-electron chi connectivity index (χ2n) is 7.96. The molecule has 0 spiro atoms. The van der Waals surface area contributed by atoms with Gasteiger partial charge in [0.25, 0.3) is 15.9 Å². The van der Waals surface area contributed by atoms with Crippen molar-refractivity contribution in [1.29, 1.82) is 0 Å². The number of rotatable bonds is 7. The van der Waals surface area contributed by atoms with Crippen molar-refractivity contribution in [2.24, 2.45) is 10.3 Å². The number of hydrogen-bond donors (Lipinski definition) is 2. The molecule has 0 saturated carbocycles. The molecule has 2 aromatic rings. The monoisotopic (exact) mass is 454 g/mol. The number of Topliss-reactive ketones (excluding diaryl/α,β-unsaturated/α-hetero) is 1. The van der Waals surface area contributed by atoms with Crippen molar-refractivity contribution in [2.45, 2.75) is 50.5 Å². The van der Waals surface area contributed by atoms with Gasteiger partial charge in [0.05, 0.1) is 11.4 Å². The maximum absolute atomic E-state index is 13.6. The lowest BCUT2D eigenvalue weighted by Gasteiger charge is -2.36. The van der Waals surface area contributed by atoms with Crippen molar-refractivity contribution in [2.75, 3.05) is 10.3 Å². The Hall–Kier alpha value is -3.04. The zero-order valence-electron chi connectivity index (χ0n) is 18.0. The highest BCUT2D eigenvalue weighted by Gasteiger charge is 2.45. The molecule has 0 aliphatic carbocycles. The Morgan fingerprint density at radius 3 is 2.41 bits per heavy atom. The number of carbonyl (C=O) groups excluding carboxylic acids is 2. The smallest absolute Gasteiger partial charge is 0.286 e. The lowest BCUT2D eigenvalue weighted by molar-refractivity contribution is -0.120. The van der Waals surface area contributed by atoms with E-state index in [1.165, 1.54) is 11.1 Å². The third-order valence-electron chi connectivity index (χ3n) is 5.65. The number of sulfonamides is 1. The maximum atomic E-state index is 13.6. The first-order valence-corrected chi connectivity index (χ1v) is 12.3. The Labute approximate surface area is 187 Å². The van der Waals surface area contributed by atoms with Crippen LogP contribution in [0.25, 0.3) is 0 Å². The number of hydrazine groups is 1. The fourth-order valence-electron chi connectivity index (χ4n) is 4.18. The molecule has 2 aliphatic heterocycles. The summed E-state index contributed by atoms with van der Waals surface area (Å²) < 4.78 is 29.3. The van der Waals surface area contributed by atoms with Crippen LogP contribution in [0.2, 0.25) is 0 Å². The fraction of sp³-hybridized carbons (Fsp3) is 0.348. The van der Waals surface area contributed by atoms with Crippen LogP contribution >= 0.6 is 0 Å². The zero-order chi connectivity index (χ0) is 22.9. The Morgan fingerprint density at radius 2 is 1.69 bits per heavy atom. The van der Waals surface area contributed by atoms with Gasteiger partial charge in [-0.1, -0.05) is 51.0 Å². The van der Waals surface area contributed by atoms with Gasteiger partial charge in [0.15, 0.2) is 11.7 Å². The van der Waals surface area contributed by atoms with Gasteiger partial charge in [0, 0.05) is 11.6 Å². The van der Waals surface area contributed by atoms with Gasteiger partial charge in [-0.15, -0.1) is 4.40 Å². The van der Waals surface area contributed by atoms with Crippen molar-refractivity contribution in [3.63, 3.8) is 0 Å². The van der Waals surface area contributed by atoms with Crippen molar-refractivity contribution >= 4 is 38.9 Å². The van der Waals surface area contributed by atoms with E-state index in [0.717, 1.165) is 25.7 Å². The van der Waals surface area contributed by atoms with Crippen LogP contribution in [0.5, 0.6) is 0 Å². The molecule has 1 unspecified atom stereocenters. The molecule has 1 atom stereocenters. The number of ketones is 1. The van der Waals surface area contributed by atoms with Gasteiger partial charge in [-0.05, 0) is 37.1 Å². The molecule has 8 nitrogen and oxygen atoms in total. The Morgan fingerprint density at radius 1 is 1.03 bits per heavy atom. The van der Waals surface area contributed by atoms with E-state index in [-0.39, 0.29) is 16.8 Å². The van der Waals surface area contributed by atoms with Gasteiger partial charge < -0.3 is 5.32 Å². The molecular weight excluding hydrogens is 428 g/mol. The predicted molar refractivity (Wildman–Crippen MR) is 123 cm³/mol. The molecule has 0 radical (unpaired) electrons. The van der Waals surface area contributed by atoms with Gasteiger partial charge >= 0.3 is 0 Å². The number of fused-ring (bicyclic) bond motifs is 2. The van der Waals surface area contributed by atoms with Crippen LogP contribution in [-0.4, -0.2) is 32.0 Å². The topological polar surface area (TPSA) is 108 Å². The molecule has 2 aliphatic rings. The molecule has 9 heteroatoms. The van der Waals surface area contributed by atoms with E-state index >= 15 is 0 Å². The number of anilines is 2. The summed E-state index contributed by atoms with van der Waals surface area (Å²) in [6.07, 6.45) is 3.60. The average Bonchev–Trinajstić information content (AvgIpc) is 2.76. The minimum absolute atomic E-state index is 0.0146. The van der Waals surface area contributed by atoms with Gasteiger partial charge in [-0.2, -0.15) is 8.42 Å². The Kier molecular flexibility index (Phi) is 6.12. The number of amides is 1. The summed E-state index contributed by atoms with van der Waals surface area (Å²) in [6.45, 7) is 4.15. The normalized spacial score (nSPS) is 19.3. The van der Waals surface area contributed by atoms with Crippen LogP contribution in [0, 0.1) is 5.92 Å². The van der Waals surface area contributed by atoms with E-state index < -0.39 is 27.6 Å². The SMILES string of the molecule is CCCC(CCC)NN1C(=O)C(C2=NS(=O)(=O)c3ccccc3N2)C(=O)c2ccccc21. The molecule has 0 fully saturated rings. The predicted octanol–water partition coefficient (Wildman–Crippen LogP) is 3.52. The number of para-hydroxylation sites is 2. The number of carbonyl (C=O) groups is 2. The van der Waals surface area contributed by atoms with Crippen molar-refractivity contribution < 1.29 is 18.0 Å². The summed E-state index contributed by atoms with van der Waals surface area (Å²) in [4.78, 5) is 26.9. The average molecular weight is 455 g/mol. The lowest BCUT2D eigenvalue weighted by Crippen LogP contribution is -2.57. The number of nitrogens with zero attached hydrogens (tertiary/aromatic N) is 2. The minimum atomic E-state index is -4.04. The maximum Gasteiger partial charge on any atom is 0.286 e. The number of amidine groups is 1. The summed E-state index contributed by atoms with van der Waals surface area (Å²) in [5.74, 6) is -2.59. The van der Waals surface area contributed by atoms with E-state index in [1.807, 2.05) is 0 Å². The van der Waals surface area contributed by atoms with E-state index in [2.05, 4.69) is 29.0 Å². The van der Waals surface area contributed by atoms with Crippen LogP contribution in [0.1, 0.15) is 49.9 Å². The Bertz CT molecular complexity index is 1190. The molecule has 168 valence electrons. The van der Waals surface area contributed by atoms with Gasteiger partial charge in [-0.25, -0.2) is 10.4 Å². The molecule has 2 aromatic carbocycles. The molecule has 4 rings (SSSR count). The van der Waals surface area contributed by atoms with Crippen LogP contribution < -0.4 is 15.8 Å². The summed E-state index contributed by atoms with van der Waals surface area (Å²) in [6, 6.07) is 13.2. The van der Waals surface area contributed by atoms with Gasteiger partial charge in [-0.3, -0.25) is 9.59 Å². The number of hydrogen-bond acceptors (Lipinski definition) is 6. The summed E-state index contributed by atoms with van der Waals surface area (Å²) in [5, 5.41) is 4.31. The molecule has 1 amide bonds. The Balaban J connectivity index is 1.77. The largest absolute Gasteiger partial charge is 0.341 e. The first kappa shape index (κ1) is 22.2. The zero-order valence-corrected chi connectivity index (χ0v) is 18.9. The van der Waals surface area contributed by atoms with E-state index in [1.54, 1.807) is 42.5 Å². The fourth-order valence-corrected chi connectivity index (χ4v) is 5.33. The number of nitrogens with one attached hydrogen (secondary N) is 2. The highest BCUT2D eigenvalue weighted by Crippen LogP contribution is 2.34. The minimum Gasteiger partial charge on any atom is -0.341 e. The molecule has 32 heavy (non-hydrogen) atoms. The van der Waals surface area contributed by atoms with Crippen LogP contribution in [0.15, 0.2) is 57.8 Å². The van der Waals surface area contributed by atoms with E-state index in [0.29, 0.717) is 16.9 Å². The van der Waals surface area contributed by atoms with E-state index in [4.69, 9.17) is 0 Å². The molecule has 0 bridgehead atoms. The molecule has 0 aromatic heterocycles. The second kappa shape index (κ2) is 8.84. The molecule has 2 N–H and O–H groups in total. The van der Waals surface area contributed by atoms with Crippen molar-refractivity contribution in [3.05, 3.63) is 54.1 Å². The quantitative estimate of drug-likeness (QED) is 0.620. The molecule has 0 saturated heterocycles. The summed E-state index contributed by atoms with van der Waals surface area (Å²) in [5.41, 5.74) is 4.40. The van der Waals surface area contributed by atoms with Crippen molar-refractivity contribution in [1.82, 2.24) is 5.43 Å². The third kappa shape index (κ3) is 3.93. The van der Waals surface area contributed by atoms with Crippen LogP contribution in [0.3, 0.4) is 0 Å². The highest BCUT2D eigenvalue weighted by molar-refractivity contribution is 7.90. The summed E-state index contributed by atoms with van der Waals surface area (Å²) >= 11 is 0. The van der Waals surface area contributed by atoms with Gasteiger partial charge in [0.2, 0.25) is 0 Å². The summed E-state index contributed by atoms with van der Waals surface area (Å²) in [7, 11) is -4.04. The van der Waals surface area contributed by atoms with Crippen molar-refractivity contribution in [3.8, 4) is 0 Å². The van der Waals surface area contributed by atoms with Crippen LogP contribution in [0.4, 0.5) is 11.4 Å². The van der Waals surface area contributed by atoms with E-state index in [9.17, 15) is 18.0 Å². The van der Waals surface area contributed by atoms with Gasteiger partial charge in [0.1, 0.15) is 10.7 Å².